The van der Waals surface area contributed by atoms with Crippen LogP contribution in [-0.2, 0) is 9.47 Å². The number of ether oxygens (including phenoxy) is 2. The molecule has 1 aromatic rings. The van der Waals surface area contributed by atoms with Crippen LogP contribution < -0.4 is 10.6 Å². The van der Waals surface area contributed by atoms with Gasteiger partial charge in [-0.05, 0) is 25.7 Å². The SMILES string of the molecule is CC1(CCNc2cc(NCC3CC3)ncn2)OCCO1. The Morgan fingerprint density at radius 2 is 1.90 bits per heavy atom. The predicted molar refractivity (Wildman–Crippen MR) is 76.7 cm³/mol. The van der Waals surface area contributed by atoms with Crippen molar-refractivity contribution in [3.8, 4) is 0 Å². The average Bonchev–Trinajstić information content (AvgIpc) is 3.18. The molecule has 0 amide bonds. The number of anilines is 2. The fourth-order valence-electron chi connectivity index (χ4n) is 2.24. The molecule has 2 aliphatic rings. The highest BCUT2D eigenvalue weighted by molar-refractivity contribution is 5.46. The standard InChI is InChI=1S/C14H22N4O2/c1-14(19-6-7-20-14)4-5-15-12-8-13(18-10-17-12)16-9-11-2-3-11/h8,10-11H,2-7,9H2,1H3,(H2,15,16,17,18). The Kier molecular flexibility index (Phi) is 4.03. The van der Waals surface area contributed by atoms with Gasteiger partial charge < -0.3 is 20.1 Å². The fourth-order valence-corrected chi connectivity index (χ4v) is 2.24. The molecule has 6 heteroatoms. The first kappa shape index (κ1) is 13.6. The lowest BCUT2D eigenvalue weighted by atomic mass is 10.2. The molecule has 0 atom stereocenters. The minimum atomic E-state index is -0.451. The van der Waals surface area contributed by atoms with Crippen molar-refractivity contribution in [2.75, 3.05) is 36.9 Å². The summed E-state index contributed by atoms with van der Waals surface area (Å²) in [5.74, 6) is 2.10. The summed E-state index contributed by atoms with van der Waals surface area (Å²) in [5, 5.41) is 6.63. The zero-order valence-electron chi connectivity index (χ0n) is 11.9. The molecular weight excluding hydrogens is 256 g/mol. The van der Waals surface area contributed by atoms with E-state index in [2.05, 4.69) is 20.6 Å². The maximum absolute atomic E-state index is 5.57. The van der Waals surface area contributed by atoms with Crippen LogP contribution in [-0.4, -0.2) is 42.1 Å². The molecule has 2 N–H and O–H groups in total. The van der Waals surface area contributed by atoms with Crippen LogP contribution >= 0.6 is 0 Å². The summed E-state index contributed by atoms with van der Waals surface area (Å²) in [7, 11) is 0. The summed E-state index contributed by atoms with van der Waals surface area (Å²) >= 11 is 0. The molecule has 3 rings (SSSR count). The summed E-state index contributed by atoms with van der Waals surface area (Å²) in [5.41, 5.74) is 0. The van der Waals surface area contributed by atoms with E-state index in [4.69, 9.17) is 9.47 Å². The Hall–Kier alpha value is -1.40. The molecule has 1 aromatic heterocycles. The molecule has 1 saturated carbocycles. The van der Waals surface area contributed by atoms with Crippen LogP contribution in [0.4, 0.5) is 11.6 Å². The van der Waals surface area contributed by atoms with E-state index in [0.29, 0.717) is 13.2 Å². The molecule has 20 heavy (non-hydrogen) atoms. The van der Waals surface area contributed by atoms with Gasteiger partial charge in [0.05, 0.1) is 13.2 Å². The molecule has 2 fully saturated rings. The number of hydrogen-bond acceptors (Lipinski definition) is 6. The van der Waals surface area contributed by atoms with Crippen LogP contribution in [0.5, 0.6) is 0 Å². The van der Waals surface area contributed by atoms with Gasteiger partial charge >= 0.3 is 0 Å². The molecule has 0 aromatic carbocycles. The van der Waals surface area contributed by atoms with Crippen molar-refractivity contribution in [1.82, 2.24) is 9.97 Å². The van der Waals surface area contributed by atoms with Gasteiger partial charge in [0.2, 0.25) is 0 Å². The van der Waals surface area contributed by atoms with E-state index in [9.17, 15) is 0 Å². The van der Waals surface area contributed by atoms with Gasteiger partial charge in [-0.3, -0.25) is 0 Å². The van der Waals surface area contributed by atoms with E-state index in [1.165, 1.54) is 12.8 Å². The summed E-state index contributed by atoms with van der Waals surface area (Å²) in [6.45, 7) is 5.11. The molecule has 0 unspecified atom stereocenters. The van der Waals surface area contributed by atoms with E-state index in [-0.39, 0.29) is 0 Å². The number of hydrogen-bond donors (Lipinski definition) is 2. The van der Waals surface area contributed by atoms with Crippen LogP contribution in [0, 0.1) is 5.92 Å². The zero-order chi connectivity index (χ0) is 13.8. The first-order chi connectivity index (χ1) is 9.73. The van der Waals surface area contributed by atoms with Gasteiger partial charge in [-0.2, -0.15) is 0 Å². The lowest BCUT2D eigenvalue weighted by molar-refractivity contribution is -0.144. The molecule has 6 nitrogen and oxygen atoms in total. The molecule has 0 radical (unpaired) electrons. The van der Waals surface area contributed by atoms with Crippen molar-refractivity contribution in [3.63, 3.8) is 0 Å². The Labute approximate surface area is 119 Å². The lowest BCUT2D eigenvalue weighted by Crippen LogP contribution is -2.28. The van der Waals surface area contributed by atoms with Crippen LogP contribution in [0.15, 0.2) is 12.4 Å². The third-order valence-corrected chi connectivity index (χ3v) is 3.72. The second kappa shape index (κ2) is 5.93. The third-order valence-electron chi connectivity index (χ3n) is 3.72. The van der Waals surface area contributed by atoms with Gasteiger partial charge in [0, 0.05) is 25.6 Å². The van der Waals surface area contributed by atoms with E-state index in [1.54, 1.807) is 6.33 Å². The number of rotatable bonds is 7. The van der Waals surface area contributed by atoms with Crippen molar-refractivity contribution in [1.29, 1.82) is 0 Å². The Morgan fingerprint density at radius 3 is 2.60 bits per heavy atom. The number of nitrogens with one attached hydrogen (secondary N) is 2. The molecular formula is C14H22N4O2. The van der Waals surface area contributed by atoms with Crippen LogP contribution in [0.2, 0.25) is 0 Å². The third kappa shape index (κ3) is 3.80. The quantitative estimate of drug-likeness (QED) is 0.793. The molecule has 1 saturated heterocycles. The van der Waals surface area contributed by atoms with Gasteiger partial charge in [0.15, 0.2) is 5.79 Å². The number of aromatic nitrogens is 2. The van der Waals surface area contributed by atoms with Gasteiger partial charge in [-0.15, -0.1) is 0 Å². The predicted octanol–water partition coefficient (Wildman–Crippen LogP) is 1.86. The summed E-state index contributed by atoms with van der Waals surface area (Å²) in [6, 6.07) is 1.95. The van der Waals surface area contributed by atoms with E-state index in [1.807, 2.05) is 13.0 Å². The molecule has 2 heterocycles. The number of nitrogens with zero attached hydrogens (tertiary/aromatic N) is 2. The van der Waals surface area contributed by atoms with Crippen LogP contribution in [0.25, 0.3) is 0 Å². The molecule has 1 aliphatic heterocycles. The summed E-state index contributed by atoms with van der Waals surface area (Å²) in [6.07, 6.45) is 5.05. The van der Waals surface area contributed by atoms with Crippen molar-refractivity contribution in [2.45, 2.75) is 32.0 Å². The maximum atomic E-state index is 5.57. The van der Waals surface area contributed by atoms with E-state index < -0.39 is 5.79 Å². The van der Waals surface area contributed by atoms with Crippen molar-refractivity contribution in [3.05, 3.63) is 12.4 Å². The molecule has 0 spiro atoms. The Balaban J connectivity index is 1.45. The second-order valence-electron chi connectivity index (χ2n) is 5.62. The van der Waals surface area contributed by atoms with Gasteiger partial charge in [-0.25, -0.2) is 9.97 Å². The minimum Gasteiger partial charge on any atom is -0.370 e. The van der Waals surface area contributed by atoms with Gasteiger partial charge in [-0.1, -0.05) is 0 Å². The smallest absolute Gasteiger partial charge is 0.167 e. The highest BCUT2D eigenvalue weighted by Crippen LogP contribution is 2.28. The van der Waals surface area contributed by atoms with Crippen LogP contribution in [0.1, 0.15) is 26.2 Å². The highest BCUT2D eigenvalue weighted by Gasteiger charge is 2.30. The van der Waals surface area contributed by atoms with E-state index >= 15 is 0 Å². The Morgan fingerprint density at radius 1 is 1.20 bits per heavy atom. The van der Waals surface area contributed by atoms with E-state index in [0.717, 1.165) is 37.1 Å². The monoisotopic (exact) mass is 278 g/mol. The molecule has 1 aliphatic carbocycles. The van der Waals surface area contributed by atoms with Gasteiger partial charge in [0.1, 0.15) is 18.0 Å². The molecule has 110 valence electrons. The van der Waals surface area contributed by atoms with Crippen LogP contribution in [0.3, 0.4) is 0 Å². The Bertz CT molecular complexity index is 445. The summed E-state index contributed by atoms with van der Waals surface area (Å²) < 4.78 is 11.1. The first-order valence-electron chi connectivity index (χ1n) is 7.31. The minimum absolute atomic E-state index is 0.451. The fraction of sp³-hybridized carbons (Fsp3) is 0.714. The largest absolute Gasteiger partial charge is 0.370 e. The van der Waals surface area contributed by atoms with Gasteiger partial charge in [0.25, 0.3) is 0 Å². The van der Waals surface area contributed by atoms with Crippen molar-refractivity contribution >= 4 is 11.6 Å². The summed E-state index contributed by atoms with van der Waals surface area (Å²) in [4.78, 5) is 8.45. The average molecular weight is 278 g/mol. The first-order valence-corrected chi connectivity index (χ1v) is 7.31. The van der Waals surface area contributed by atoms with Crippen molar-refractivity contribution in [2.24, 2.45) is 5.92 Å². The lowest BCUT2D eigenvalue weighted by Gasteiger charge is -2.22. The maximum Gasteiger partial charge on any atom is 0.167 e. The highest BCUT2D eigenvalue weighted by atomic mass is 16.7. The second-order valence-corrected chi connectivity index (χ2v) is 5.62. The zero-order valence-corrected chi connectivity index (χ0v) is 11.9. The van der Waals surface area contributed by atoms with Crippen molar-refractivity contribution < 1.29 is 9.47 Å². The molecule has 0 bridgehead atoms. The topological polar surface area (TPSA) is 68.3 Å². The normalized spacial score (nSPS) is 20.9.